The first-order valence-electron chi connectivity index (χ1n) is 22.0. The van der Waals surface area contributed by atoms with Crippen molar-refractivity contribution in [3.05, 3.63) is 12.2 Å². The van der Waals surface area contributed by atoms with Crippen LogP contribution in [0.3, 0.4) is 0 Å². The number of amides is 1. The van der Waals surface area contributed by atoms with Gasteiger partial charge in [0.15, 0.2) is 0 Å². The Morgan fingerprint density at radius 1 is 0.490 bits per heavy atom. The van der Waals surface area contributed by atoms with E-state index >= 15 is 0 Å². The molecule has 0 spiro atoms. The van der Waals surface area contributed by atoms with Gasteiger partial charge in [0.25, 0.3) is 0 Å². The van der Waals surface area contributed by atoms with Crippen molar-refractivity contribution in [3.8, 4) is 0 Å². The van der Waals surface area contributed by atoms with Crippen molar-refractivity contribution >= 4 is 5.91 Å². The van der Waals surface area contributed by atoms with Gasteiger partial charge in [0.05, 0.1) is 18.8 Å². The minimum absolute atomic E-state index is 0.359. The lowest BCUT2D eigenvalue weighted by Gasteiger charge is -2.21. The van der Waals surface area contributed by atoms with Crippen LogP contribution in [0.1, 0.15) is 239 Å². The first-order valence-corrected chi connectivity index (χ1v) is 22.0. The molecule has 5 heteroatoms. The Labute approximate surface area is 306 Å². The molecule has 292 valence electrons. The molecule has 0 fully saturated rings. The third-order valence-electron chi connectivity index (χ3n) is 10.4. The molecule has 5 nitrogen and oxygen atoms in total. The highest BCUT2D eigenvalue weighted by Gasteiger charge is 2.22. The molecule has 0 saturated carbocycles. The second-order valence-electron chi connectivity index (χ2n) is 15.3. The quantitative estimate of drug-likeness (QED) is 0.0380. The molecule has 0 bridgehead atoms. The average Bonchev–Trinajstić information content (AvgIpc) is 3.11. The van der Waals surface area contributed by atoms with E-state index in [1.54, 1.807) is 6.08 Å². The van der Waals surface area contributed by atoms with E-state index in [1.807, 2.05) is 6.08 Å². The summed E-state index contributed by atoms with van der Waals surface area (Å²) in [4.78, 5) is 12.4. The van der Waals surface area contributed by atoms with Crippen LogP contribution < -0.4 is 5.32 Å². The number of hydrogen-bond donors (Lipinski definition) is 4. The molecule has 0 aromatic carbocycles. The molecule has 0 aliphatic carbocycles. The summed E-state index contributed by atoms with van der Waals surface area (Å²) >= 11 is 0. The first-order chi connectivity index (χ1) is 24.1. The normalized spacial score (nSPS) is 13.7. The van der Waals surface area contributed by atoms with E-state index in [1.165, 1.54) is 186 Å². The average molecular weight is 694 g/mol. The highest BCUT2D eigenvalue weighted by Crippen LogP contribution is 2.16. The topological polar surface area (TPSA) is 89.8 Å². The van der Waals surface area contributed by atoms with E-state index < -0.39 is 24.2 Å². The molecular formula is C44H87NO4. The number of rotatable bonds is 40. The predicted molar refractivity (Wildman–Crippen MR) is 213 cm³/mol. The van der Waals surface area contributed by atoms with Crippen LogP contribution in [0.25, 0.3) is 0 Å². The maximum atomic E-state index is 12.4. The number of carbonyl (C=O) groups excluding carboxylic acids is 1. The van der Waals surface area contributed by atoms with Crippen LogP contribution in [0.15, 0.2) is 12.2 Å². The second-order valence-corrected chi connectivity index (χ2v) is 15.3. The van der Waals surface area contributed by atoms with E-state index in [-0.39, 0.29) is 6.61 Å². The molecule has 3 atom stereocenters. The van der Waals surface area contributed by atoms with Gasteiger partial charge in [0.1, 0.15) is 6.10 Å². The maximum Gasteiger partial charge on any atom is 0.249 e. The Balaban J connectivity index is 3.62. The van der Waals surface area contributed by atoms with Gasteiger partial charge in [-0.1, -0.05) is 231 Å². The monoisotopic (exact) mass is 694 g/mol. The second kappa shape index (κ2) is 39.9. The van der Waals surface area contributed by atoms with Gasteiger partial charge in [-0.15, -0.1) is 0 Å². The smallest absolute Gasteiger partial charge is 0.249 e. The first kappa shape index (κ1) is 48.1. The number of aliphatic hydroxyl groups is 3. The molecule has 0 aromatic rings. The highest BCUT2D eigenvalue weighted by atomic mass is 16.3. The lowest BCUT2D eigenvalue weighted by atomic mass is 10.0. The Hall–Kier alpha value is -0.910. The minimum atomic E-state index is -1.09. The van der Waals surface area contributed by atoms with Crippen molar-refractivity contribution in [3.63, 3.8) is 0 Å². The van der Waals surface area contributed by atoms with Crippen LogP contribution in [0.4, 0.5) is 0 Å². The Morgan fingerprint density at radius 2 is 0.796 bits per heavy atom. The standard InChI is InChI=1S/C44H87NO4/c1-3-5-7-9-11-13-15-17-18-19-20-21-22-23-24-25-27-28-30-32-34-36-38-42(47)41(40-46)45-44(49)43(48)39-37-35-33-31-29-26-16-14-12-10-8-6-4-2/h36,38,41-43,46-48H,3-35,37,39-40H2,1-2H3,(H,45,49)/b38-36+. The molecule has 1 amide bonds. The molecule has 49 heavy (non-hydrogen) atoms. The van der Waals surface area contributed by atoms with E-state index in [2.05, 4.69) is 19.2 Å². The summed E-state index contributed by atoms with van der Waals surface area (Å²) < 4.78 is 0. The number of nitrogens with one attached hydrogen (secondary N) is 1. The number of unbranched alkanes of at least 4 members (excludes halogenated alkanes) is 32. The number of aliphatic hydroxyl groups excluding tert-OH is 3. The zero-order valence-electron chi connectivity index (χ0n) is 33.1. The van der Waals surface area contributed by atoms with Crippen LogP contribution in [-0.2, 0) is 4.79 Å². The largest absolute Gasteiger partial charge is 0.394 e. The van der Waals surface area contributed by atoms with E-state index in [0.29, 0.717) is 6.42 Å². The third-order valence-corrected chi connectivity index (χ3v) is 10.4. The van der Waals surface area contributed by atoms with Crippen LogP contribution >= 0.6 is 0 Å². The lowest BCUT2D eigenvalue weighted by Crippen LogP contribution is -2.48. The van der Waals surface area contributed by atoms with Crippen molar-refractivity contribution in [2.24, 2.45) is 0 Å². The molecule has 0 saturated heterocycles. The fraction of sp³-hybridized carbons (Fsp3) is 0.932. The van der Waals surface area contributed by atoms with Gasteiger partial charge in [-0.3, -0.25) is 4.79 Å². The van der Waals surface area contributed by atoms with Crippen LogP contribution in [-0.4, -0.2) is 46.1 Å². The van der Waals surface area contributed by atoms with Crippen LogP contribution in [0.2, 0.25) is 0 Å². The fourth-order valence-corrected chi connectivity index (χ4v) is 6.89. The van der Waals surface area contributed by atoms with Crippen molar-refractivity contribution in [1.82, 2.24) is 5.32 Å². The zero-order valence-corrected chi connectivity index (χ0v) is 33.1. The minimum Gasteiger partial charge on any atom is -0.394 e. The van der Waals surface area contributed by atoms with E-state index in [0.717, 1.165) is 32.1 Å². The Morgan fingerprint density at radius 3 is 1.12 bits per heavy atom. The van der Waals surface area contributed by atoms with Gasteiger partial charge < -0.3 is 20.6 Å². The van der Waals surface area contributed by atoms with Gasteiger partial charge >= 0.3 is 0 Å². The molecule has 0 aliphatic rings. The van der Waals surface area contributed by atoms with Gasteiger partial charge in [-0.2, -0.15) is 0 Å². The summed E-state index contributed by atoms with van der Waals surface area (Å²) in [7, 11) is 0. The molecule has 4 N–H and O–H groups in total. The molecular weight excluding hydrogens is 606 g/mol. The maximum absolute atomic E-state index is 12.4. The number of hydrogen-bond acceptors (Lipinski definition) is 4. The number of carbonyl (C=O) groups is 1. The summed E-state index contributed by atoms with van der Waals surface area (Å²) in [5.41, 5.74) is 0. The summed E-state index contributed by atoms with van der Waals surface area (Å²) in [6, 6.07) is -0.792. The van der Waals surface area contributed by atoms with Crippen molar-refractivity contribution < 1.29 is 20.1 Å². The predicted octanol–water partition coefficient (Wildman–Crippen LogP) is 12.4. The third kappa shape index (κ3) is 35.3. The Kier molecular flexibility index (Phi) is 39.1. The van der Waals surface area contributed by atoms with Gasteiger partial charge in [-0.25, -0.2) is 0 Å². The SMILES string of the molecule is CCCCCCCCCCCCCCCCCCCCCC/C=C/C(O)C(CO)NC(=O)C(O)CCCCCCCCCCCCCCC. The zero-order chi connectivity index (χ0) is 35.9. The van der Waals surface area contributed by atoms with Gasteiger partial charge in [0.2, 0.25) is 5.91 Å². The highest BCUT2D eigenvalue weighted by molar-refractivity contribution is 5.80. The molecule has 0 heterocycles. The van der Waals surface area contributed by atoms with Crippen molar-refractivity contribution in [2.45, 2.75) is 257 Å². The summed E-state index contributed by atoms with van der Waals surface area (Å²) in [6.07, 6.45) is 46.7. The Bertz CT molecular complexity index is 684. The summed E-state index contributed by atoms with van der Waals surface area (Å²) in [6.45, 7) is 4.19. The number of allylic oxidation sites excluding steroid dienone is 1. The summed E-state index contributed by atoms with van der Waals surface area (Å²) in [5, 5.41) is 33.1. The molecule has 0 radical (unpaired) electrons. The van der Waals surface area contributed by atoms with Crippen molar-refractivity contribution in [1.29, 1.82) is 0 Å². The van der Waals surface area contributed by atoms with Gasteiger partial charge in [-0.05, 0) is 19.3 Å². The lowest BCUT2D eigenvalue weighted by molar-refractivity contribution is -0.131. The van der Waals surface area contributed by atoms with Crippen LogP contribution in [0, 0.1) is 0 Å². The summed E-state index contributed by atoms with van der Waals surface area (Å²) in [5.74, 6) is -0.500. The molecule has 3 unspecified atom stereocenters. The van der Waals surface area contributed by atoms with E-state index in [9.17, 15) is 20.1 Å². The van der Waals surface area contributed by atoms with Crippen LogP contribution in [0.5, 0.6) is 0 Å². The molecule has 0 aliphatic heterocycles. The van der Waals surface area contributed by atoms with Gasteiger partial charge in [0, 0.05) is 0 Å². The molecule has 0 aromatic heterocycles. The van der Waals surface area contributed by atoms with E-state index in [4.69, 9.17) is 0 Å². The fourth-order valence-electron chi connectivity index (χ4n) is 6.89. The van der Waals surface area contributed by atoms with Crippen molar-refractivity contribution in [2.75, 3.05) is 6.61 Å². The molecule has 0 rings (SSSR count).